The number of hydrogen-bond acceptors (Lipinski definition) is 3. The van der Waals surface area contributed by atoms with Crippen molar-refractivity contribution in [2.75, 3.05) is 0 Å². The Labute approximate surface area is 143 Å². The molecule has 114 valence electrons. The molecule has 2 aromatic heterocycles. The molecular formula is C19H11ClN4. The third kappa shape index (κ3) is 2.41. The molecule has 4 aromatic rings. The molecular weight excluding hydrogens is 320 g/mol. The van der Waals surface area contributed by atoms with Crippen LogP contribution in [0.1, 0.15) is 5.56 Å². The quantitative estimate of drug-likeness (QED) is 0.504. The minimum atomic E-state index is 0.476. The Hall–Kier alpha value is -3.16. The Balaban J connectivity index is 1.85. The van der Waals surface area contributed by atoms with E-state index in [1.807, 2.05) is 47.0 Å². The number of benzene rings is 2. The van der Waals surface area contributed by atoms with Crippen molar-refractivity contribution in [1.29, 1.82) is 5.26 Å². The van der Waals surface area contributed by atoms with Crippen molar-refractivity contribution in [3.63, 3.8) is 0 Å². The van der Waals surface area contributed by atoms with Crippen molar-refractivity contribution in [3.05, 3.63) is 77.8 Å². The van der Waals surface area contributed by atoms with Gasteiger partial charge in [0.15, 0.2) is 0 Å². The normalized spacial score (nSPS) is 10.7. The lowest BCUT2D eigenvalue weighted by Crippen LogP contribution is -1.93. The summed E-state index contributed by atoms with van der Waals surface area (Å²) < 4.78 is 1.99. The number of halogens is 1. The van der Waals surface area contributed by atoms with Gasteiger partial charge in [0.25, 0.3) is 0 Å². The van der Waals surface area contributed by atoms with Gasteiger partial charge in [0.05, 0.1) is 22.7 Å². The van der Waals surface area contributed by atoms with Crippen LogP contribution in [0, 0.1) is 11.3 Å². The van der Waals surface area contributed by atoms with Gasteiger partial charge >= 0.3 is 0 Å². The van der Waals surface area contributed by atoms with Crippen LogP contribution >= 0.6 is 11.6 Å². The van der Waals surface area contributed by atoms with E-state index in [1.54, 1.807) is 24.7 Å². The fourth-order valence-corrected chi connectivity index (χ4v) is 2.94. The molecule has 2 heterocycles. The molecule has 0 fully saturated rings. The molecule has 0 aliphatic carbocycles. The molecule has 0 N–H and O–H groups in total. The van der Waals surface area contributed by atoms with Crippen LogP contribution in [-0.2, 0) is 0 Å². The summed E-state index contributed by atoms with van der Waals surface area (Å²) in [5.74, 6) is 0. The lowest BCUT2D eigenvalue weighted by atomic mass is 10.1. The fourth-order valence-electron chi connectivity index (χ4n) is 2.71. The Bertz CT molecular complexity index is 1090. The second-order valence-electron chi connectivity index (χ2n) is 5.32. The summed E-state index contributed by atoms with van der Waals surface area (Å²) in [5.41, 5.74) is 5.18. The predicted octanol–water partition coefficient (Wildman–Crippen LogP) is 4.61. The molecule has 4 rings (SSSR count). The van der Waals surface area contributed by atoms with Gasteiger partial charge in [-0.05, 0) is 48.0 Å². The maximum absolute atomic E-state index is 9.01. The van der Waals surface area contributed by atoms with Crippen LogP contribution in [-0.4, -0.2) is 14.5 Å². The highest BCUT2D eigenvalue weighted by Gasteiger charge is 2.08. The number of pyridine rings is 1. The highest BCUT2D eigenvalue weighted by Crippen LogP contribution is 2.28. The zero-order valence-corrected chi connectivity index (χ0v) is 13.3. The molecule has 5 heteroatoms. The fraction of sp³-hybridized carbons (Fsp3) is 0. The first-order valence-corrected chi connectivity index (χ1v) is 7.72. The average Bonchev–Trinajstić information content (AvgIpc) is 3.05. The molecule has 0 aliphatic rings. The summed E-state index contributed by atoms with van der Waals surface area (Å²) in [4.78, 5) is 8.53. The van der Waals surface area contributed by atoms with E-state index in [4.69, 9.17) is 16.9 Å². The van der Waals surface area contributed by atoms with Crippen LogP contribution in [0.2, 0.25) is 5.15 Å². The second kappa shape index (κ2) is 5.80. The van der Waals surface area contributed by atoms with Crippen molar-refractivity contribution in [2.45, 2.75) is 0 Å². The SMILES string of the molecule is N#Cc1ccc2c(c1)ncn2-c1cccc(-c2cccnc2Cl)c1. The number of fused-ring (bicyclic) bond motifs is 1. The van der Waals surface area contributed by atoms with Gasteiger partial charge in [-0.15, -0.1) is 0 Å². The molecule has 0 aliphatic heterocycles. The zero-order valence-electron chi connectivity index (χ0n) is 12.5. The molecule has 0 radical (unpaired) electrons. The topological polar surface area (TPSA) is 54.5 Å². The van der Waals surface area contributed by atoms with Crippen LogP contribution in [0.25, 0.3) is 27.8 Å². The summed E-state index contributed by atoms with van der Waals surface area (Å²) in [6, 6.07) is 19.5. The van der Waals surface area contributed by atoms with Crippen molar-refractivity contribution in [1.82, 2.24) is 14.5 Å². The maximum atomic E-state index is 9.01. The van der Waals surface area contributed by atoms with Gasteiger partial charge in [0.2, 0.25) is 0 Å². The first-order valence-electron chi connectivity index (χ1n) is 7.35. The van der Waals surface area contributed by atoms with Crippen LogP contribution in [0.15, 0.2) is 67.1 Å². The Morgan fingerprint density at radius 3 is 2.75 bits per heavy atom. The molecule has 0 bridgehead atoms. The summed E-state index contributed by atoms with van der Waals surface area (Å²) in [7, 11) is 0. The van der Waals surface area contributed by atoms with Crippen LogP contribution in [0.4, 0.5) is 0 Å². The lowest BCUT2D eigenvalue weighted by Gasteiger charge is -2.08. The van der Waals surface area contributed by atoms with E-state index in [0.717, 1.165) is 27.8 Å². The summed E-state index contributed by atoms with van der Waals surface area (Å²) >= 11 is 6.20. The van der Waals surface area contributed by atoms with Crippen molar-refractivity contribution < 1.29 is 0 Å². The van der Waals surface area contributed by atoms with Crippen LogP contribution < -0.4 is 0 Å². The Kier molecular flexibility index (Phi) is 3.49. The molecule has 0 spiro atoms. The predicted molar refractivity (Wildman–Crippen MR) is 94.0 cm³/mol. The summed E-state index contributed by atoms with van der Waals surface area (Å²) in [5, 5.41) is 9.48. The van der Waals surface area contributed by atoms with E-state index < -0.39 is 0 Å². The van der Waals surface area contributed by atoms with Gasteiger partial charge in [0, 0.05) is 17.4 Å². The van der Waals surface area contributed by atoms with Crippen molar-refractivity contribution >= 4 is 22.6 Å². The van der Waals surface area contributed by atoms with Gasteiger partial charge in [-0.25, -0.2) is 9.97 Å². The van der Waals surface area contributed by atoms with Crippen molar-refractivity contribution in [2.24, 2.45) is 0 Å². The average molecular weight is 331 g/mol. The van der Waals surface area contributed by atoms with Gasteiger partial charge < -0.3 is 0 Å². The van der Waals surface area contributed by atoms with E-state index in [2.05, 4.69) is 16.0 Å². The standard InChI is InChI=1S/C19H11ClN4/c20-19-16(5-2-8-22-19)14-3-1-4-15(10-14)24-12-23-17-9-13(11-21)6-7-18(17)24/h1-10,12H. The molecule has 24 heavy (non-hydrogen) atoms. The summed E-state index contributed by atoms with van der Waals surface area (Å²) in [6.45, 7) is 0. The van der Waals surface area contributed by atoms with Crippen LogP contribution in [0.5, 0.6) is 0 Å². The minimum Gasteiger partial charge on any atom is -0.299 e. The van der Waals surface area contributed by atoms with Crippen LogP contribution in [0.3, 0.4) is 0 Å². The van der Waals surface area contributed by atoms with Crippen molar-refractivity contribution in [3.8, 4) is 22.9 Å². The van der Waals surface area contributed by atoms with E-state index in [-0.39, 0.29) is 0 Å². The maximum Gasteiger partial charge on any atom is 0.136 e. The molecule has 0 unspecified atom stereocenters. The molecule has 0 atom stereocenters. The number of rotatable bonds is 2. The second-order valence-corrected chi connectivity index (χ2v) is 5.68. The lowest BCUT2D eigenvalue weighted by molar-refractivity contribution is 1.09. The molecule has 0 saturated heterocycles. The van der Waals surface area contributed by atoms with Gasteiger partial charge in [0.1, 0.15) is 11.5 Å². The number of nitrogens with zero attached hydrogens (tertiary/aromatic N) is 4. The minimum absolute atomic E-state index is 0.476. The van der Waals surface area contributed by atoms with E-state index in [0.29, 0.717) is 10.7 Å². The number of imidazole rings is 1. The van der Waals surface area contributed by atoms with E-state index >= 15 is 0 Å². The Morgan fingerprint density at radius 2 is 1.92 bits per heavy atom. The van der Waals surface area contributed by atoms with Gasteiger partial charge in [-0.2, -0.15) is 5.26 Å². The molecule has 0 saturated carbocycles. The smallest absolute Gasteiger partial charge is 0.136 e. The monoisotopic (exact) mass is 330 g/mol. The number of aromatic nitrogens is 3. The largest absolute Gasteiger partial charge is 0.299 e. The third-order valence-electron chi connectivity index (χ3n) is 3.87. The highest BCUT2D eigenvalue weighted by atomic mass is 35.5. The third-order valence-corrected chi connectivity index (χ3v) is 4.17. The zero-order chi connectivity index (χ0) is 16.5. The van der Waals surface area contributed by atoms with Gasteiger partial charge in [-0.3, -0.25) is 4.57 Å². The number of hydrogen-bond donors (Lipinski definition) is 0. The first kappa shape index (κ1) is 14.4. The highest BCUT2D eigenvalue weighted by molar-refractivity contribution is 6.32. The molecule has 4 nitrogen and oxygen atoms in total. The summed E-state index contributed by atoms with van der Waals surface area (Å²) in [6.07, 6.45) is 3.43. The molecule has 2 aromatic carbocycles. The van der Waals surface area contributed by atoms with E-state index in [9.17, 15) is 0 Å². The van der Waals surface area contributed by atoms with E-state index in [1.165, 1.54) is 0 Å². The first-order chi connectivity index (χ1) is 11.8. The Morgan fingerprint density at radius 1 is 1.00 bits per heavy atom. The van der Waals surface area contributed by atoms with Gasteiger partial charge in [-0.1, -0.05) is 23.7 Å². The number of nitriles is 1. The molecule has 0 amide bonds.